The van der Waals surface area contributed by atoms with Gasteiger partial charge in [-0.25, -0.2) is 0 Å². The number of halogens is 1. The molecule has 0 spiro atoms. The topological polar surface area (TPSA) is 96.0 Å². The lowest BCUT2D eigenvalue weighted by atomic mass is 10.2. The second kappa shape index (κ2) is 5.19. The molecule has 0 bridgehead atoms. The monoisotopic (exact) mass is 283 g/mol. The molecule has 0 aliphatic heterocycles. The third-order valence-electron chi connectivity index (χ3n) is 2.45. The molecule has 0 fully saturated rings. The van der Waals surface area contributed by atoms with Gasteiger partial charge in [0.25, 0.3) is 5.69 Å². The normalized spacial score (nSPS) is 12.2. The summed E-state index contributed by atoms with van der Waals surface area (Å²) in [5.41, 5.74) is 0.281. The van der Waals surface area contributed by atoms with Crippen molar-refractivity contribution in [3.63, 3.8) is 0 Å². The van der Waals surface area contributed by atoms with E-state index < -0.39 is 10.3 Å². The van der Waals surface area contributed by atoms with Gasteiger partial charge < -0.3 is 4.74 Å². The maximum atomic E-state index is 10.8. The number of non-ortho nitro benzene ring substituents is 1. The fourth-order valence-electron chi connectivity index (χ4n) is 1.57. The smallest absolute Gasteiger partial charge is 0.271 e. The lowest BCUT2D eigenvalue weighted by Gasteiger charge is -2.10. The number of alkyl halides is 1. The molecule has 9 heteroatoms. The highest BCUT2D eigenvalue weighted by Crippen LogP contribution is 2.29. The number of hydrogen-bond donors (Lipinski definition) is 0. The van der Waals surface area contributed by atoms with Gasteiger partial charge in [-0.15, -0.1) is 16.7 Å². The predicted molar refractivity (Wildman–Crippen MR) is 66.6 cm³/mol. The van der Waals surface area contributed by atoms with Gasteiger partial charge in [-0.1, -0.05) is 0 Å². The molecule has 0 saturated carbocycles. The lowest BCUT2D eigenvalue weighted by molar-refractivity contribution is -0.384. The van der Waals surface area contributed by atoms with Crippen molar-refractivity contribution in [1.29, 1.82) is 0 Å². The van der Waals surface area contributed by atoms with Crippen LogP contribution in [0.15, 0.2) is 18.2 Å². The number of nitro groups is 1. The molecular weight excluding hydrogens is 274 g/mol. The zero-order valence-electron chi connectivity index (χ0n) is 10.1. The number of nitrogens with zero attached hydrogens (tertiary/aromatic N) is 5. The van der Waals surface area contributed by atoms with E-state index in [4.69, 9.17) is 16.3 Å². The van der Waals surface area contributed by atoms with Crippen molar-refractivity contribution < 1.29 is 9.66 Å². The molecule has 1 aromatic heterocycles. The van der Waals surface area contributed by atoms with Gasteiger partial charge in [-0.05, 0) is 23.4 Å². The van der Waals surface area contributed by atoms with Crippen molar-refractivity contribution in [2.75, 3.05) is 7.11 Å². The van der Waals surface area contributed by atoms with Crippen LogP contribution in [0.4, 0.5) is 5.69 Å². The van der Waals surface area contributed by atoms with Crippen LogP contribution in [0.1, 0.15) is 18.1 Å². The molecular formula is C10H10ClN5O3. The Morgan fingerprint density at radius 3 is 2.84 bits per heavy atom. The van der Waals surface area contributed by atoms with Gasteiger partial charge >= 0.3 is 0 Å². The Morgan fingerprint density at radius 1 is 1.53 bits per heavy atom. The van der Waals surface area contributed by atoms with E-state index in [2.05, 4.69) is 15.5 Å². The highest BCUT2D eigenvalue weighted by molar-refractivity contribution is 6.20. The van der Waals surface area contributed by atoms with Crippen molar-refractivity contribution in [3.05, 3.63) is 34.1 Å². The fraction of sp³-hybridized carbons (Fsp3) is 0.300. The van der Waals surface area contributed by atoms with Gasteiger partial charge in [0.2, 0.25) is 0 Å². The number of benzene rings is 1. The molecule has 0 aliphatic carbocycles. The summed E-state index contributed by atoms with van der Waals surface area (Å²) in [6, 6.07) is 4.16. The lowest BCUT2D eigenvalue weighted by Crippen LogP contribution is -2.06. The second-order valence-corrected chi connectivity index (χ2v) is 4.33. The van der Waals surface area contributed by atoms with Crippen molar-refractivity contribution in [2.24, 2.45) is 0 Å². The third kappa shape index (κ3) is 2.48. The Labute approximate surface area is 113 Å². The number of tetrazole rings is 1. The van der Waals surface area contributed by atoms with Gasteiger partial charge in [0, 0.05) is 12.1 Å². The number of nitro benzene ring substituents is 1. The van der Waals surface area contributed by atoms with Crippen molar-refractivity contribution >= 4 is 17.3 Å². The van der Waals surface area contributed by atoms with Gasteiger partial charge in [0.05, 0.1) is 17.4 Å². The maximum Gasteiger partial charge on any atom is 0.271 e. The predicted octanol–water partition coefficient (Wildman–Crippen LogP) is 1.88. The van der Waals surface area contributed by atoms with Gasteiger partial charge in [-0.3, -0.25) is 10.1 Å². The molecule has 1 unspecified atom stereocenters. The minimum absolute atomic E-state index is 0.0838. The summed E-state index contributed by atoms with van der Waals surface area (Å²) in [6.45, 7) is 1.70. The van der Waals surface area contributed by atoms with E-state index in [9.17, 15) is 10.1 Å². The fourth-order valence-corrected chi connectivity index (χ4v) is 1.71. The minimum atomic E-state index is -0.503. The Bertz CT molecular complexity index is 613. The number of methoxy groups -OCH3 is 1. The molecule has 0 amide bonds. The zero-order chi connectivity index (χ0) is 14.0. The molecule has 8 nitrogen and oxygen atoms in total. The van der Waals surface area contributed by atoms with Crippen LogP contribution in [0.25, 0.3) is 5.69 Å². The van der Waals surface area contributed by atoms with E-state index in [0.717, 1.165) is 0 Å². The van der Waals surface area contributed by atoms with E-state index in [1.807, 2.05) is 0 Å². The van der Waals surface area contributed by atoms with Crippen LogP contribution in [0.3, 0.4) is 0 Å². The Hall–Kier alpha value is -2.22. The van der Waals surface area contributed by atoms with Crippen molar-refractivity contribution in [1.82, 2.24) is 20.2 Å². The van der Waals surface area contributed by atoms with Crippen LogP contribution >= 0.6 is 11.6 Å². The SMILES string of the molecule is COc1ccc([N+](=O)[O-])cc1-n1nnnc1C(C)Cl. The third-order valence-corrected chi connectivity index (χ3v) is 2.65. The highest BCUT2D eigenvalue weighted by atomic mass is 35.5. The zero-order valence-corrected chi connectivity index (χ0v) is 10.9. The number of aromatic nitrogens is 4. The van der Waals surface area contributed by atoms with Crippen molar-refractivity contribution in [2.45, 2.75) is 12.3 Å². The van der Waals surface area contributed by atoms with E-state index in [1.54, 1.807) is 6.92 Å². The van der Waals surface area contributed by atoms with Crippen LogP contribution in [0, 0.1) is 10.1 Å². The first-order valence-electron chi connectivity index (χ1n) is 5.29. The molecule has 0 N–H and O–H groups in total. The van der Waals surface area contributed by atoms with E-state index in [1.165, 1.54) is 30.0 Å². The average Bonchev–Trinajstić information content (AvgIpc) is 2.87. The molecule has 1 heterocycles. The molecule has 0 aliphatic rings. The minimum Gasteiger partial charge on any atom is -0.494 e. The number of rotatable bonds is 4. The quantitative estimate of drug-likeness (QED) is 0.483. The summed E-state index contributed by atoms with van der Waals surface area (Å²) in [5.74, 6) is 0.789. The van der Waals surface area contributed by atoms with Crippen LogP contribution in [-0.2, 0) is 0 Å². The molecule has 19 heavy (non-hydrogen) atoms. The van der Waals surface area contributed by atoms with E-state index in [0.29, 0.717) is 17.3 Å². The van der Waals surface area contributed by atoms with E-state index in [-0.39, 0.29) is 5.69 Å². The summed E-state index contributed by atoms with van der Waals surface area (Å²) < 4.78 is 6.48. The van der Waals surface area contributed by atoms with E-state index >= 15 is 0 Å². The number of ether oxygens (including phenoxy) is 1. The summed E-state index contributed by atoms with van der Waals surface area (Å²) in [7, 11) is 1.46. The summed E-state index contributed by atoms with van der Waals surface area (Å²) in [6.07, 6.45) is 0. The molecule has 1 aromatic carbocycles. The van der Waals surface area contributed by atoms with Crippen LogP contribution in [0.2, 0.25) is 0 Å². The van der Waals surface area contributed by atoms with Gasteiger partial charge in [-0.2, -0.15) is 4.68 Å². The second-order valence-electron chi connectivity index (χ2n) is 3.68. The molecule has 2 rings (SSSR count). The maximum absolute atomic E-state index is 10.8. The average molecular weight is 284 g/mol. The molecule has 2 aromatic rings. The Morgan fingerprint density at radius 2 is 2.26 bits per heavy atom. The first-order chi connectivity index (χ1) is 9.04. The molecule has 0 radical (unpaired) electrons. The highest BCUT2D eigenvalue weighted by Gasteiger charge is 2.19. The molecule has 0 saturated heterocycles. The Kier molecular flexibility index (Phi) is 3.61. The molecule has 100 valence electrons. The van der Waals surface area contributed by atoms with Crippen LogP contribution < -0.4 is 4.74 Å². The number of hydrogen-bond acceptors (Lipinski definition) is 6. The van der Waals surface area contributed by atoms with Gasteiger partial charge in [0.15, 0.2) is 5.82 Å². The van der Waals surface area contributed by atoms with Crippen LogP contribution in [0.5, 0.6) is 5.75 Å². The standard InChI is InChI=1S/C10H10ClN5O3/c1-6(11)10-12-13-14-15(10)8-5-7(16(17)18)3-4-9(8)19-2/h3-6H,1-2H3. The van der Waals surface area contributed by atoms with Gasteiger partial charge in [0.1, 0.15) is 11.4 Å². The summed E-state index contributed by atoms with van der Waals surface area (Å²) in [5, 5.41) is 21.5. The van der Waals surface area contributed by atoms with Crippen LogP contribution in [-0.4, -0.2) is 32.2 Å². The van der Waals surface area contributed by atoms with Crippen molar-refractivity contribution in [3.8, 4) is 11.4 Å². The summed E-state index contributed by atoms with van der Waals surface area (Å²) >= 11 is 5.96. The Balaban J connectivity index is 2.62. The summed E-state index contributed by atoms with van der Waals surface area (Å²) in [4.78, 5) is 10.3. The first kappa shape index (κ1) is 13.2. The largest absolute Gasteiger partial charge is 0.494 e. The molecule has 1 atom stereocenters. The first-order valence-corrected chi connectivity index (χ1v) is 5.73.